The van der Waals surface area contributed by atoms with Gasteiger partial charge in [0.15, 0.2) is 0 Å². The Balaban J connectivity index is 1.95. The molecule has 0 bridgehead atoms. The predicted octanol–water partition coefficient (Wildman–Crippen LogP) is 3.21. The minimum absolute atomic E-state index is 0.196. The standard InChI is InChI=1S/C16H17NO2/c1-2-19-16(18)9-10-17-12-13-7-8-14-5-3-4-6-15(14)11-13/h3-8,11-12H,2,9-10H2,1H3. The molecule has 0 atom stereocenters. The summed E-state index contributed by atoms with van der Waals surface area (Å²) in [6, 6.07) is 14.4. The highest BCUT2D eigenvalue weighted by Gasteiger charge is 1.98. The Kier molecular flexibility index (Phi) is 4.67. The first-order valence-corrected chi connectivity index (χ1v) is 6.44. The van der Waals surface area contributed by atoms with Crippen molar-refractivity contribution < 1.29 is 9.53 Å². The van der Waals surface area contributed by atoms with E-state index in [1.807, 2.05) is 18.2 Å². The highest BCUT2D eigenvalue weighted by atomic mass is 16.5. The third-order valence-electron chi connectivity index (χ3n) is 2.76. The lowest BCUT2D eigenvalue weighted by molar-refractivity contribution is -0.142. The fourth-order valence-electron chi connectivity index (χ4n) is 1.85. The van der Waals surface area contributed by atoms with Crippen LogP contribution in [-0.2, 0) is 9.53 Å². The zero-order valence-electron chi connectivity index (χ0n) is 11.0. The molecule has 98 valence electrons. The van der Waals surface area contributed by atoms with E-state index in [9.17, 15) is 4.79 Å². The number of rotatable bonds is 5. The Bertz CT molecular complexity index is 590. The van der Waals surface area contributed by atoms with Gasteiger partial charge in [0.05, 0.1) is 13.0 Å². The van der Waals surface area contributed by atoms with Crippen LogP contribution in [0.3, 0.4) is 0 Å². The molecule has 0 spiro atoms. The van der Waals surface area contributed by atoms with Crippen LogP contribution in [0.25, 0.3) is 10.8 Å². The Morgan fingerprint density at radius 3 is 2.79 bits per heavy atom. The van der Waals surface area contributed by atoms with Gasteiger partial charge in [-0.3, -0.25) is 9.79 Å². The number of benzene rings is 2. The molecule has 3 nitrogen and oxygen atoms in total. The van der Waals surface area contributed by atoms with Crippen LogP contribution in [0.1, 0.15) is 18.9 Å². The molecule has 0 aliphatic carbocycles. The van der Waals surface area contributed by atoms with Crippen LogP contribution in [0.4, 0.5) is 0 Å². The Hall–Kier alpha value is -2.16. The Morgan fingerprint density at radius 1 is 1.21 bits per heavy atom. The molecule has 0 amide bonds. The number of ether oxygens (including phenoxy) is 1. The number of esters is 1. The molecule has 2 rings (SSSR count). The Labute approximate surface area is 112 Å². The molecule has 0 heterocycles. The summed E-state index contributed by atoms with van der Waals surface area (Å²) in [7, 11) is 0. The predicted molar refractivity (Wildman–Crippen MR) is 77.7 cm³/mol. The summed E-state index contributed by atoms with van der Waals surface area (Å²) in [5.74, 6) is -0.196. The van der Waals surface area contributed by atoms with E-state index in [4.69, 9.17) is 4.74 Å². The van der Waals surface area contributed by atoms with E-state index in [1.165, 1.54) is 10.8 Å². The van der Waals surface area contributed by atoms with Crippen molar-refractivity contribution in [1.29, 1.82) is 0 Å². The van der Waals surface area contributed by atoms with Crippen LogP contribution >= 0.6 is 0 Å². The molecule has 2 aromatic carbocycles. The molecule has 0 aliphatic rings. The zero-order chi connectivity index (χ0) is 13.5. The molecule has 0 radical (unpaired) electrons. The highest BCUT2D eigenvalue weighted by molar-refractivity contribution is 5.90. The SMILES string of the molecule is CCOC(=O)CCN=Cc1ccc2ccccc2c1. The van der Waals surface area contributed by atoms with Crippen molar-refractivity contribution in [3.8, 4) is 0 Å². The van der Waals surface area contributed by atoms with Crippen molar-refractivity contribution in [2.24, 2.45) is 4.99 Å². The number of hydrogen-bond donors (Lipinski definition) is 0. The van der Waals surface area contributed by atoms with Gasteiger partial charge in [-0.1, -0.05) is 36.4 Å². The maximum Gasteiger partial charge on any atom is 0.307 e. The topological polar surface area (TPSA) is 38.7 Å². The minimum atomic E-state index is -0.196. The van der Waals surface area contributed by atoms with Gasteiger partial charge in [-0.05, 0) is 29.3 Å². The van der Waals surface area contributed by atoms with E-state index < -0.39 is 0 Å². The first-order valence-electron chi connectivity index (χ1n) is 6.44. The average Bonchev–Trinajstić information content (AvgIpc) is 2.44. The van der Waals surface area contributed by atoms with Crippen molar-refractivity contribution in [2.45, 2.75) is 13.3 Å². The smallest absolute Gasteiger partial charge is 0.307 e. The van der Waals surface area contributed by atoms with Crippen LogP contribution in [0.2, 0.25) is 0 Å². The number of fused-ring (bicyclic) bond motifs is 1. The summed E-state index contributed by atoms with van der Waals surface area (Å²) >= 11 is 0. The fraction of sp³-hybridized carbons (Fsp3) is 0.250. The van der Waals surface area contributed by atoms with Crippen molar-refractivity contribution >= 4 is 23.0 Å². The first-order chi connectivity index (χ1) is 9.29. The summed E-state index contributed by atoms with van der Waals surface area (Å²) in [5.41, 5.74) is 1.04. The van der Waals surface area contributed by atoms with Crippen LogP contribution in [-0.4, -0.2) is 25.3 Å². The van der Waals surface area contributed by atoms with E-state index in [0.29, 0.717) is 19.6 Å². The van der Waals surface area contributed by atoms with Crippen molar-refractivity contribution in [3.05, 3.63) is 48.0 Å². The van der Waals surface area contributed by atoms with Gasteiger partial charge in [0.2, 0.25) is 0 Å². The molecule has 0 fully saturated rings. The molecule has 0 saturated heterocycles. The fourth-order valence-corrected chi connectivity index (χ4v) is 1.85. The van der Waals surface area contributed by atoms with E-state index >= 15 is 0 Å². The molecule has 0 aromatic heterocycles. The molecule has 0 unspecified atom stereocenters. The molecule has 19 heavy (non-hydrogen) atoms. The Morgan fingerprint density at radius 2 is 2.00 bits per heavy atom. The summed E-state index contributed by atoms with van der Waals surface area (Å²) < 4.78 is 4.84. The average molecular weight is 255 g/mol. The van der Waals surface area contributed by atoms with Gasteiger partial charge in [0, 0.05) is 12.8 Å². The number of hydrogen-bond acceptors (Lipinski definition) is 3. The van der Waals surface area contributed by atoms with Crippen LogP contribution in [0.5, 0.6) is 0 Å². The van der Waals surface area contributed by atoms with Crippen molar-refractivity contribution in [1.82, 2.24) is 0 Å². The second-order valence-electron chi connectivity index (χ2n) is 4.20. The van der Waals surface area contributed by atoms with Gasteiger partial charge in [0.1, 0.15) is 0 Å². The van der Waals surface area contributed by atoms with E-state index in [1.54, 1.807) is 13.1 Å². The normalized spacial score (nSPS) is 11.0. The summed E-state index contributed by atoms with van der Waals surface area (Å²) in [4.78, 5) is 15.4. The lowest BCUT2D eigenvalue weighted by Crippen LogP contribution is -2.05. The molecule has 0 aliphatic heterocycles. The summed E-state index contributed by atoms with van der Waals surface area (Å²) in [5, 5.41) is 2.41. The number of aliphatic imine (C=N–C) groups is 1. The van der Waals surface area contributed by atoms with Gasteiger partial charge in [-0.15, -0.1) is 0 Å². The second-order valence-corrected chi connectivity index (χ2v) is 4.20. The van der Waals surface area contributed by atoms with Crippen molar-refractivity contribution in [2.75, 3.05) is 13.2 Å². The minimum Gasteiger partial charge on any atom is -0.466 e. The maximum absolute atomic E-state index is 11.1. The lowest BCUT2D eigenvalue weighted by Gasteiger charge is -2.00. The van der Waals surface area contributed by atoms with Gasteiger partial charge in [-0.2, -0.15) is 0 Å². The molecular formula is C16H17NO2. The largest absolute Gasteiger partial charge is 0.466 e. The van der Waals surface area contributed by atoms with E-state index in [-0.39, 0.29) is 5.97 Å². The number of carbonyl (C=O) groups is 1. The molecule has 0 saturated carbocycles. The van der Waals surface area contributed by atoms with Crippen LogP contribution in [0.15, 0.2) is 47.5 Å². The lowest BCUT2D eigenvalue weighted by atomic mass is 10.1. The molecule has 2 aromatic rings. The van der Waals surface area contributed by atoms with Crippen molar-refractivity contribution in [3.63, 3.8) is 0 Å². The van der Waals surface area contributed by atoms with E-state index in [0.717, 1.165) is 5.56 Å². The van der Waals surface area contributed by atoms with Gasteiger partial charge in [-0.25, -0.2) is 0 Å². The second kappa shape index (κ2) is 6.69. The van der Waals surface area contributed by atoms with E-state index in [2.05, 4.69) is 29.3 Å². The first kappa shape index (κ1) is 13.3. The summed E-state index contributed by atoms with van der Waals surface area (Å²) in [6.07, 6.45) is 2.13. The third kappa shape index (κ3) is 3.91. The monoisotopic (exact) mass is 255 g/mol. The van der Waals surface area contributed by atoms with Gasteiger partial charge in [0.25, 0.3) is 0 Å². The number of nitrogens with zero attached hydrogens (tertiary/aromatic N) is 1. The van der Waals surface area contributed by atoms with Crippen LogP contribution < -0.4 is 0 Å². The maximum atomic E-state index is 11.1. The third-order valence-corrected chi connectivity index (χ3v) is 2.76. The molecule has 3 heteroatoms. The zero-order valence-corrected chi connectivity index (χ0v) is 11.0. The quantitative estimate of drug-likeness (QED) is 0.608. The van der Waals surface area contributed by atoms with Gasteiger partial charge < -0.3 is 4.74 Å². The highest BCUT2D eigenvalue weighted by Crippen LogP contribution is 2.14. The van der Waals surface area contributed by atoms with Crippen LogP contribution in [0, 0.1) is 0 Å². The summed E-state index contributed by atoms with van der Waals surface area (Å²) in [6.45, 7) is 2.69. The van der Waals surface area contributed by atoms with Gasteiger partial charge >= 0.3 is 5.97 Å². The number of carbonyl (C=O) groups excluding carboxylic acids is 1. The molecular weight excluding hydrogens is 238 g/mol. The molecule has 0 N–H and O–H groups in total.